The largest absolute Gasteiger partial charge is 0.416 e. The molecule has 0 saturated carbocycles. The third-order valence-electron chi connectivity index (χ3n) is 3.44. The summed E-state index contributed by atoms with van der Waals surface area (Å²) >= 11 is 0. The molecule has 0 heterocycles. The average Bonchev–Trinajstić information content (AvgIpc) is 2.54. The fraction of sp³-hybridized carbons (Fsp3) is 0.235. The monoisotopic (exact) mass is 321 g/mol. The van der Waals surface area contributed by atoms with E-state index in [1.807, 2.05) is 30.3 Å². The van der Waals surface area contributed by atoms with Crippen LogP contribution in [0.5, 0.6) is 0 Å². The van der Waals surface area contributed by atoms with Crippen LogP contribution in [0, 0.1) is 0 Å². The molecular formula is C17H18F3N3. The van der Waals surface area contributed by atoms with Gasteiger partial charge in [0.2, 0.25) is 0 Å². The molecule has 0 amide bonds. The Bertz CT molecular complexity index is 694. The van der Waals surface area contributed by atoms with Gasteiger partial charge in [-0.2, -0.15) is 18.3 Å². The quantitative estimate of drug-likeness (QED) is 0.658. The molecule has 0 unspecified atom stereocenters. The van der Waals surface area contributed by atoms with Crippen molar-refractivity contribution in [1.29, 1.82) is 0 Å². The van der Waals surface area contributed by atoms with Crippen molar-refractivity contribution in [2.24, 2.45) is 5.10 Å². The van der Waals surface area contributed by atoms with E-state index in [-0.39, 0.29) is 0 Å². The van der Waals surface area contributed by atoms with Crippen LogP contribution in [0.3, 0.4) is 0 Å². The van der Waals surface area contributed by atoms with Crippen molar-refractivity contribution in [3.05, 3.63) is 59.7 Å². The van der Waals surface area contributed by atoms with Crippen molar-refractivity contribution in [3.63, 3.8) is 0 Å². The fourth-order valence-corrected chi connectivity index (χ4v) is 2.22. The summed E-state index contributed by atoms with van der Waals surface area (Å²) in [6.45, 7) is 1.77. The van der Waals surface area contributed by atoms with Gasteiger partial charge in [0.25, 0.3) is 0 Å². The first-order valence-electron chi connectivity index (χ1n) is 7.06. The maximum atomic E-state index is 12.8. The van der Waals surface area contributed by atoms with Crippen LogP contribution >= 0.6 is 0 Å². The molecule has 3 nitrogen and oxygen atoms in total. The first-order chi connectivity index (χ1) is 10.8. The highest BCUT2D eigenvalue weighted by molar-refractivity contribution is 6.04. The molecule has 23 heavy (non-hydrogen) atoms. The maximum absolute atomic E-state index is 12.8. The predicted octanol–water partition coefficient (Wildman–Crippen LogP) is 4.61. The first kappa shape index (κ1) is 16.9. The van der Waals surface area contributed by atoms with Crippen molar-refractivity contribution in [2.75, 3.05) is 24.4 Å². The summed E-state index contributed by atoms with van der Waals surface area (Å²) in [6, 6.07) is 13.1. The zero-order valence-electron chi connectivity index (χ0n) is 13.1. The molecule has 0 atom stereocenters. The standard InChI is InChI=1S/C17H18F3N3/c1-12(22-23(3)14-7-5-4-6-8-14)15-10-9-13(17(18,19)20)11-16(15)21-2/h4-11,21H,1-3H3/b22-12-. The van der Waals surface area contributed by atoms with E-state index in [4.69, 9.17) is 0 Å². The third kappa shape index (κ3) is 4.03. The molecule has 0 aliphatic heterocycles. The Morgan fingerprint density at radius 1 is 1.09 bits per heavy atom. The molecule has 0 aliphatic rings. The van der Waals surface area contributed by atoms with Gasteiger partial charge < -0.3 is 5.32 Å². The molecule has 2 rings (SSSR count). The molecule has 2 aromatic rings. The van der Waals surface area contributed by atoms with Gasteiger partial charge in [-0.25, -0.2) is 0 Å². The van der Waals surface area contributed by atoms with Gasteiger partial charge >= 0.3 is 6.18 Å². The summed E-state index contributed by atoms with van der Waals surface area (Å²) in [5.74, 6) is 0. The van der Waals surface area contributed by atoms with E-state index in [1.165, 1.54) is 6.07 Å². The Morgan fingerprint density at radius 2 is 1.74 bits per heavy atom. The van der Waals surface area contributed by atoms with E-state index in [2.05, 4.69) is 10.4 Å². The fourth-order valence-electron chi connectivity index (χ4n) is 2.22. The summed E-state index contributed by atoms with van der Waals surface area (Å²) in [5.41, 5.74) is 1.85. The summed E-state index contributed by atoms with van der Waals surface area (Å²) in [6.07, 6.45) is -4.37. The maximum Gasteiger partial charge on any atom is 0.416 e. The zero-order chi connectivity index (χ0) is 17.0. The van der Waals surface area contributed by atoms with Gasteiger partial charge in [-0.05, 0) is 31.2 Å². The summed E-state index contributed by atoms with van der Waals surface area (Å²) < 4.78 is 38.4. The van der Waals surface area contributed by atoms with Gasteiger partial charge in [0.15, 0.2) is 0 Å². The van der Waals surface area contributed by atoms with Crippen LogP contribution in [0.2, 0.25) is 0 Å². The van der Waals surface area contributed by atoms with Gasteiger partial charge in [0.05, 0.1) is 17.0 Å². The van der Waals surface area contributed by atoms with Crippen molar-refractivity contribution in [2.45, 2.75) is 13.1 Å². The SMILES string of the molecule is CNc1cc(C(F)(F)F)ccc1/C(C)=N\N(C)c1ccccc1. The Balaban J connectivity index is 2.35. The third-order valence-corrected chi connectivity index (χ3v) is 3.44. The lowest BCUT2D eigenvalue weighted by Crippen LogP contribution is -2.14. The van der Waals surface area contributed by atoms with Crippen LogP contribution in [0.25, 0.3) is 0 Å². The Hall–Kier alpha value is -2.50. The number of rotatable bonds is 4. The van der Waals surface area contributed by atoms with Gasteiger partial charge in [-0.1, -0.05) is 24.3 Å². The Labute approximate surface area is 133 Å². The summed E-state index contributed by atoms with van der Waals surface area (Å²) in [5, 5.41) is 8.94. The zero-order valence-corrected chi connectivity index (χ0v) is 13.1. The van der Waals surface area contributed by atoms with Crippen LogP contribution in [0.1, 0.15) is 18.1 Å². The minimum atomic E-state index is -4.37. The molecule has 122 valence electrons. The molecule has 2 aromatic carbocycles. The average molecular weight is 321 g/mol. The van der Waals surface area contributed by atoms with Crippen molar-refractivity contribution in [3.8, 4) is 0 Å². The number of hydrogen-bond acceptors (Lipinski definition) is 3. The van der Waals surface area contributed by atoms with E-state index in [9.17, 15) is 13.2 Å². The van der Waals surface area contributed by atoms with Crippen LogP contribution < -0.4 is 10.3 Å². The minimum absolute atomic E-state index is 0.391. The second-order valence-electron chi connectivity index (χ2n) is 5.05. The van der Waals surface area contributed by atoms with Gasteiger partial charge in [0, 0.05) is 25.3 Å². The summed E-state index contributed by atoms with van der Waals surface area (Å²) in [4.78, 5) is 0. The summed E-state index contributed by atoms with van der Waals surface area (Å²) in [7, 11) is 3.38. The van der Waals surface area contributed by atoms with E-state index in [0.717, 1.165) is 17.8 Å². The molecule has 0 fully saturated rings. The number of para-hydroxylation sites is 1. The minimum Gasteiger partial charge on any atom is -0.388 e. The normalized spacial score (nSPS) is 12.2. The predicted molar refractivity (Wildman–Crippen MR) is 88.0 cm³/mol. The van der Waals surface area contributed by atoms with Crippen LogP contribution in [0.15, 0.2) is 53.6 Å². The lowest BCUT2D eigenvalue weighted by atomic mass is 10.1. The highest BCUT2D eigenvalue weighted by atomic mass is 19.4. The van der Waals surface area contributed by atoms with Crippen molar-refractivity contribution >= 4 is 17.1 Å². The van der Waals surface area contributed by atoms with Crippen LogP contribution in [0.4, 0.5) is 24.5 Å². The number of benzene rings is 2. The molecule has 0 aliphatic carbocycles. The molecule has 0 bridgehead atoms. The number of halogens is 3. The number of nitrogens with one attached hydrogen (secondary N) is 1. The van der Waals surface area contributed by atoms with Gasteiger partial charge in [-0.15, -0.1) is 0 Å². The molecule has 0 saturated heterocycles. The van der Waals surface area contributed by atoms with E-state index in [1.54, 1.807) is 26.0 Å². The molecule has 6 heteroatoms. The molecule has 0 spiro atoms. The number of alkyl halides is 3. The lowest BCUT2D eigenvalue weighted by molar-refractivity contribution is -0.137. The Kier molecular flexibility index (Phi) is 4.93. The van der Waals surface area contributed by atoms with Crippen molar-refractivity contribution in [1.82, 2.24) is 0 Å². The van der Waals surface area contributed by atoms with Crippen LogP contribution in [-0.2, 0) is 6.18 Å². The topological polar surface area (TPSA) is 27.6 Å². The lowest BCUT2D eigenvalue weighted by Gasteiger charge is -2.17. The number of hydrogen-bond donors (Lipinski definition) is 1. The second kappa shape index (κ2) is 6.73. The molecular weight excluding hydrogens is 303 g/mol. The second-order valence-corrected chi connectivity index (χ2v) is 5.05. The molecule has 0 aromatic heterocycles. The molecule has 0 radical (unpaired) electrons. The van der Waals surface area contributed by atoms with Crippen LogP contribution in [-0.4, -0.2) is 19.8 Å². The van der Waals surface area contributed by atoms with Gasteiger partial charge in [-0.3, -0.25) is 5.01 Å². The van der Waals surface area contributed by atoms with Crippen molar-refractivity contribution < 1.29 is 13.2 Å². The Morgan fingerprint density at radius 3 is 2.30 bits per heavy atom. The van der Waals surface area contributed by atoms with E-state index < -0.39 is 11.7 Å². The highest BCUT2D eigenvalue weighted by Gasteiger charge is 2.31. The molecule has 1 N–H and O–H groups in total. The van der Waals surface area contributed by atoms with E-state index >= 15 is 0 Å². The van der Waals surface area contributed by atoms with E-state index in [0.29, 0.717) is 17.0 Å². The first-order valence-corrected chi connectivity index (χ1v) is 7.06. The number of nitrogens with zero attached hydrogens (tertiary/aromatic N) is 2. The number of anilines is 2. The highest BCUT2D eigenvalue weighted by Crippen LogP contribution is 2.32. The number of hydrazone groups is 1. The smallest absolute Gasteiger partial charge is 0.388 e. The van der Waals surface area contributed by atoms with Gasteiger partial charge in [0.1, 0.15) is 0 Å².